The lowest BCUT2D eigenvalue weighted by Crippen LogP contribution is -2.52. The Morgan fingerprint density at radius 2 is 2.20 bits per heavy atom. The van der Waals surface area contributed by atoms with Gasteiger partial charge < -0.3 is 10.1 Å². The molecular formula is C13H25NO. The van der Waals surface area contributed by atoms with Crippen molar-refractivity contribution in [3.8, 4) is 0 Å². The molecule has 1 spiro atoms. The molecule has 1 N–H and O–H groups in total. The van der Waals surface area contributed by atoms with Crippen LogP contribution in [0.2, 0.25) is 0 Å². The normalized spacial score (nSPS) is 42.8. The Morgan fingerprint density at radius 1 is 1.33 bits per heavy atom. The minimum absolute atomic E-state index is 0.182. The third kappa shape index (κ3) is 2.73. The SMILES string of the molecule is CCC1CCCC2(CC1)CNCC(C)O2. The minimum Gasteiger partial charge on any atom is -0.369 e. The number of nitrogens with one attached hydrogen (secondary N) is 1. The van der Waals surface area contributed by atoms with Gasteiger partial charge in [0.15, 0.2) is 0 Å². The molecular weight excluding hydrogens is 186 g/mol. The second kappa shape index (κ2) is 4.84. The highest BCUT2D eigenvalue weighted by Crippen LogP contribution is 2.35. The first kappa shape index (κ1) is 11.4. The lowest BCUT2D eigenvalue weighted by atomic mass is 9.91. The zero-order valence-corrected chi connectivity index (χ0v) is 10.2. The van der Waals surface area contributed by atoms with Crippen LogP contribution in [0.15, 0.2) is 0 Å². The molecule has 0 radical (unpaired) electrons. The van der Waals surface area contributed by atoms with Crippen molar-refractivity contribution in [2.45, 2.75) is 64.1 Å². The molecule has 1 aliphatic heterocycles. The molecule has 2 rings (SSSR count). The van der Waals surface area contributed by atoms with Gasteiger partial charge in [-0.3, -0.25) is 0 Å². The molecule has 0 amide bonds. The first-order chi connectivity index (χ1) is 7.24. The first-order valence-electron chi connectivity index (χ1n) is 6.63. The Labute approximate surface area is 93.8 Å². The van der Waals surface area contributed by atoms with Crippen LogP contribution >= 0.6 is 0 Å². The minimum atomic E-state index is 0.182. The van der Waals surface area contributed by atoms with Crippen LogP contribution in [0.3, 0.4) is 0 Å². The molecule has 0 bridgehead atoms. The highest BCUT2D eigenvalue weighted by Gasteiger charge is 2.37. The van der Waals surface area contributed by atoms with E-state index in [-0.39, 0.29) is 5.60 Å². The van der Waals surface area contributed by atoms with Crippen LogP contribution in [0.25, 0.3) is 0 Å². The van der Waals surface area contributed by atoms with Crippen molar-refractivity contribution in [3.63, 3.8) is 0 Å². The van der Waals surface area contributed by atoms with E-state index in [1.165, 1.54) is 38.5 Å². The van der Waals surface area contributed by atoms with E-state index >= 15 is 0 Å². The van der Waals surface area contributed by atoms with E-state index in [4.69, 9.17) is 4.74 Å². The third-order valence-corrected chi connectivity index (χ3v) is 4.16. The average molecular weight is 211 g/mol. The van der Waals surface area contributed by atoms with Crippen molar-refractivity contribution in [2.75, 3.05) is 13.1 Å². The zero-order valence-electron chi connectivity index (χ0n) is 10.2. The second-order valence-electron chi connectivity index (χ2n) is 5.45. The third-order valence-electron chi connectivity index (χ3n) is 4.16. The van der Waals surface area contributed by atoms with E-state index in [0.29, 0.717) is 6.10 Å². The van der Waals surface area contributed by atoms with E-state index in [0.717, 1.165) is 19.0 Å². The van der Waals surface area contributed by atoms with Gasteiger partial charge in [0, 0.05) is 13.1 Å². The number of ether oxygens (including phenoxy) is 1. The van der Waals surface area contributed by atoms with E-state index < -0.39 is 0 Å². The predicted octanol–water partition coefficient (Wildman–Crippen LogP) is 2.72. The Kier molecular flexibility index (Phi) is 3.68. The van der Waals surface area contributed by atoms with E-state index in [9.17, 15) is 0 Å². The molecule has 2 fully saturated rings. The molecule has 15 heavy (non-hydrogen) atoms. The standard InChI is InChI=1S/C13H25NO/c1-3-12-5-4-7-13(8-6-12)10-14-9-11(2)15-13/h11-12,14H,3-10H2,1-2H3. The molecule has 1 saturated carbocycles. The largest absolute Gasteiger partial charge is 0.369 e. The van der Waals surface area contributed by atoms with Crippen LogP contribution in [0, 0.1) is 5.92 Å². The Hall–Kier alpha value is -0.0800. The van der Waals surface area contributed by atoms with Gasteiger partial charge >= 0.3 is 0 Å². The summed E-state index contributed by atoms with van der Waals surface area (Å²) < 4.78 is 6.23. The van der Waals surface area contributed by atoms with E-state index in [2.05, 4.69) is 19.2 Å². The molecule has 1 heterocycles. The van der Waals surface area contributed by atoms with Gasteiger partial charge in [0.2, 0.25) is 0 Å². The van der Waals surface area contributed by atoms with Crippen LogP contribution in [0.4, 0.5) is 0 Å². The van der Waals surface area contributed by atoms with Crippen LogP contribution in [-0.4, -0.2) is 24.8 Å². The molecule has 0 aromatic heterocycles. The summed E-state index contributed by atoms with van der Waals surface area (Å²) in [6.07, 6.45) is 8.41. The highest BCUT2D eigenvalue weighted by molar-refractivity contribution is 4.90. The fraction of sp³-hybridized carbons (Fsp3) is 1.00. The quantitative estimate of drug-likeness (QED) is 0.720. The number of hydrogen-bond donors (Lipinski definition) is 1. The van der Waals surface area contributed by atoms with Gasteiger partial charge in [-0.2, -0.15) is 0 Å². The fourth-order valence-electron chi connectivity index (χ4n) is 3.17. The Balaban J connectivity index is 1.96. The van der Waals surface area contributed by atoms with Crippen molar-refractivity contribution >= 4 is 0 Å². The van der Waals surface area contributed by atoms with Crippen LogP contribution < -0.4 is 5.32 Å². The summed E-state index contributed by atoms with van der Waals surface area (Å²) in [7, 11) is 0. The molecule has 2 heteroatoms. The maximum Gasteiger partial charge on any atom is 0.0810 e. The van der Waals surface area contributed by atoms with Gasteiger partial charge in [0.05, 0.1) is 11.7 Å². The number of morpholine rings is 1. The van der Waals surface area contributed by atoms with Gasteiger partial charge in [0.25, 0.3) is 0 Å². The Morgan fingerprint density at radius 3 is 2.93 bits per heavy atom. The van der Waals surface area contributed by atoms with E-state index in [1.54, 1.807) is 0 Å². The van der Waals surface area contributed by atoms with Crippen molar-refractivity contribution in [1.82, 2.24) is 5.32 Å². The molecule has 2 aliphatic rings. The fourth-order valence-corrected chi connectivity index (χ4v) is 3.17. The summed E-state index contributed by atoms with van der Waals surface area (Å²) in [6, 6.07) is 0. The average Bonchev–Trinajstić information content (AvgIpc) is 2.41. The summed E-state index contributed by atoms with van der Waals surface area (Å²) in [5.41, 5.74) is 0.182. The zero-order chi connectivity index (χ0) is 10.7. The Bertz CT molecular complexity index is 207. The molecule has 88 valence electrons. The molecule has 1 aliphatic carbocycles. The van der Waals surface area contributed by atoms with Crippen LogP contribution in [-0.2, 0) is 4.74 Å². The van der Waals surface area contributed by atoms with Crippen LogP contribution in [0.5, 0.6) is 0 Å². The van der Waals surface area contributed by atoms with Gasteiger partial charge in [-0.05, 0) is 32.1 Å². The van der Waals surface area contributed by atoms with Crippen LogP contribution in [0.1, 0.15) is 52.4 Å². The lowest BCUT2D eigenvalue weighted by Gasteiger charge is -2.40. The van der Waals surface area contributed by atoms with Gasteiger partial charge in [-0.1, -0.05) is 26.2 Å². The van der Waals surface area contributed by atoms with Gasteiger partial charge in [0.1, 0.15) is 0 Å². The summed E-state index contributed by atoms with van der Waals surface area (Å²) in [4.78, 5) is 0. The topological polar surface area (TPSA) is 21.3 Å². The van der Waals surface area contributed by atoms with Crippen molar-refractivity contribution in [3.05, 3.63) is 0 Å². The molecule has 2 nitrogen and oxygen atoms in total. The van der Waals surface area contributed by atoms with Crippen molar-refractivity contribution in [1.29, 1.82) is 0 Å². The molecule has 0 aromatic carbocycles. The molecule has 0 aromatic rings. The predicted molar refractivity (Wildman–Crippen MR) is 63.0 cm³/mol. The summed E-state index contributed by atoms with van der Waals surface area (Å²) >= 11 is 0. The lowest BCUT2D eigenvalue weighted by molar-refractivity contribution is -0.117. The van der Waals surface area contributed by atoms with E-state index in [1.807, 2.05) is 0 Å². The molecule has 3 unspecified atom stereocenters. The van der Waals surface area contributed by atoms with Gasteiger partial charge in [-0.15, -0.1) is 0 Å². The summed E-state index contributed by atoms with van der Waals surface area (Å²) in [5, 5.41) is 3.53. The number of hydrogen-bond acceptors (Lipinski definition) is 2. The summed E-state index contributed by atoms with van der Waals surface area (Å²) in [6.45, 7) is 6.62. The smallest absolute Gasteiger partial charge is 0.0810 e. The first-order valence-corrected chi connectivity index (χ1v) is 6.63. The highest BCUT2D eigenvalue weighted by atomic mass is 16.5. The number of rotatable bonds is 1. The molecule has 1 saturated heterocycles. The van der Waals surface area contributed by atoms with Gasteiger partial charge in [-0.25, -0.2) is 0 Å². The monoisotopic (exact) mass is 211 g/mol. The van der Waals surface area contributed by atoms with Crippen molar-refractivity contribution < 1.29 is 4.74 Å². The maximum absolute atomic E-state index is 6.23. The molecule has 3 atom stereocenters. The maximum atomic E-state index is 6.23. The van der Waals surface area contributed by atoms with Crippen molar-refractivity contribution in [2.24, 2.45) is 5.92 Å². The second-order valence-corrected chi connectivity index (χ2v) is 5.45. The summed E-state index contributed by atoms with van der Waals surface area (Å²) in [5.74, 6) is 0.949.